The van der Waals surface area contributed by atoms with Gasteiger partial charge in [0.1, 0.15) is 0 Å². The molecule has 0 aliphatic carbocycles. The Morgan fingerprint density at radius 3 is 2.54 bits per heavy atom. The van der Waals surface area contributed by atoms with Crippen molar-refractivity contribution >= 4 is 18.4 Å². The summed E-state index contributed by atoms with van der Waals surface area (Å²) >= 11 is 0. The summed E-state index contributed by atoms with van der Waals surface area (Å²) in [5, 5.41) is 8.29. The maximum absolute atomic E-state index is 12.5. The molecule has 6 heteroatoms. The third-order valence-electron chi connectivity index (χ3n) is 1.89. The lowest BCUT2D eigenvalue weighted by atomic mass is 10.3. The van der Waals surface area contributed by atoms with Crippen molar-refractivity contribution in [3.8, 4) is 0 Å². The molecule has 0 unspecified atom stereocenters. The molecule has 1 aliphatic heterocycles. The molecule has 78 valence electrons. The van der Waals surface area contributed by atoms with Crippen LogP contribution in [-0.4, -0.2) is 41.5 Å². The molecular weight excluding hydrogens is 204 g/mol. The van der Waals surface area contributed by atoms with E-state index >= 15 is 0 Å². The van der Waals surface area contributed by atoms with Gasteiger partial charge in [0, 0.05) is 19.5 Å². The number of nitrogens with zero attached hydrogens (tertiary/aromatic N) is 1. The molecule has 0 spiro atoms. The Morgan fingerprint density at radius 1 is 1.54 bits per heavy atom. The molecular formula is C7H12ClF2NO2. The van der Waals surface area contributed by atoms with E-state index in [0.29, 0.717) is 6.54 Å². The van der Waals surface area contributed by atoms with E-state index in [1.807, 2.05) is 0 Å². The van der Waals surface area contributed by atoms with Gasteiger partial charge >= 0.3 is 5.97 Å². The third kappa shape index (κ3) is 4.38. The van der Waals surface area contributed by atoms with Crippen molar-refractivity contribution in [3.63, 3.8) is 0 Å². The average molecular weight is 216 g/mol. The summed E-state index contributed by atoms with van der Waals surface area (Å²) in [6, 6.07) is 0. The Bertz CT molecular complexity index is 189. The molecule has 1 aliphatic rings. The van der Waals surface area contributed by atoms with E-state index in [9.17, 15) is 13.6 Å². The number of alkyl halides is 2. The monoisotopic (exact) mass is 215 g/mol. The van der Waals surface area contributed by atoms with Crippen LogP contribution in [0.4, 0.5) is 8.78 Å². The lowest BCUT2D eigenvalue weighted by molar-refractivity contribution is -0.137. The number of likely N-dealkylation sites (tertiary alicyclic amines) is 1. The fraction of sp³-hybridized carbons (Fsp3) is 0.857. The molecule has 0 atom stereocenters. The number of halogens is 3. The minimum absolute atomic E-state index is 0. The molecule has 1 rings (SSSR count). The van der Waals surface area contributed by atoms with Gasteiger partial charge in [-0.2, -0.15) is 0 Å². The molecule has 13 heavy (non-hydrogen) atoms. The zero-order valence-corrected chi connectivity index (χ0v) is 7.82. The van der Waals surface area contributed by atoms with E-state index in [1.165, 1.54) is 4.90 Å². The number of carboxylic acid groups (broad SMARTS) is 1. The standard InChI is InChI=1S/C7H11F2NO2.ClH/c8-7(9)2-4-10(5-7)3-1-6(11)12;/h1-5H2,(H,11,12);1H. The molecule has 3 nitrogen and oxygen atoms in total. The average Bonchev–Trinajstić information content (AvgIpc) is 2.26. The second kappa shape index (κ2) is 4.72. The highest BCUT2D eigenvalue weighted by atomic mass is 35.5. The third-order valence-corrected chi connectivity index (χ3v) is 1.89. The van der Waals surface area contributed by atoms with Crippen molar-refractivity contribution in [2.45, 2.75) is 18.8 Å². The van der Waals surface area contributed by atoms with Crippen LogP contribution in [0, 0.1) is 0 Å². The first-order chi connectivity index (χ1) is 5.49. The van der Waals surface area contributed by atoms with Crippen LogP contribution in [-0.2, 0) is 4.79 Å². The van der Waals surface area contributed by atoms with Gasteiger partial charge in [-0.25, -0.2) is 8.78 Å². The Hall–Kier alpha value is -0.420. The SMILES string of the molecule is Cl.O=C(O)CCN1CCC(F)(F)C1. The predicted octanol–water partition coefficient (Wildman–Crippen LogP) is 1.22. The second-order valence-corrected chi connectivity index (χ2v) is 3.03. The number of hydrogen-bond acceptors (Lipinski definition) is 2. The summed E-state index contributed by atoms with van der Waals surface area (Å²) in [6.45, 7) is 0.242. The maximum atomic E-state index is 12.5. The van der Waals surface area contributed by atoms with Crippen LogP contribution in [0.5, 0.6) is 0 Å². The smallest absolute Gasteiger partial charge is 0.304 e. The molecule has 0 aromatic heterocycles. The van der Waals surface area contributed by atoms with Crippen LogP contribution < -0.4 is 0 Å². The second-order valence-electron chi connectivity index (χ2n) is 3.03. The fourth-order valence-corrected chi connectivity index (χ4v) is 1.25. The van der Waals surface area contributed by atoms with Crippen molar-refractivity contribution in [2.75, 3.05) is 19.6 Å². The molecule has 0 radical (unpaired) electrons. The predicted molar refractivity (Wildman–Crippen MR) is 45.5 cm³/mol. The van der Waals surface area contributed by atoms with Crippen LogP contribution in [0.2, 0.25) is 0 Å². The number of aliphatic carboxylic acids is 1. The van der Waals surface area contributed by atoms with E-state index in [1.54, 1.807) is 0 Å². The summed E-state index contributed by atoms with van der Waals surface area (Å²) in [7, 11) is 0. The molecule has 1 saturated heterocycles. The summed E-state index contributed by atoms with van der Waals surface area (Å²) in [6.07, 6.45) is -0.206. The van der Waals surface area contributed by atoms with Crippen molar-refractivity contribution < 1.29 is 18.7 Å². The highest BCUT2D eigenvalue weighted by Crippen LogP contribution is 2.26. The van der Waals surface area contributed by atoms with Crippen LogP contribution in [0.1, 0.15) is 12.8 Å². The van der Waals surface area contributed by atoms with Crippen LogP contribution in [0.15, 0.2) is 0 Å². The van der Waals surface area contributed by atoms with Crippen LogP contribution in [0.25, 0.3) is 0 Å². The number of rotatable bonds is 3. The van der Waals surface area contributed by atoms with Gasteiger partial charge in [-0.3, -0.25) is 9.69 Å². The lowest BCUT2D eigenvalue weighted by Crippen LogP contribution is -2.27. The molecule has 1 heterocycles. The molecule has 0 aromatic rings. The minimum Gasteiger partial charge on any atom is -0.481 e. The summed E-state index contributed by atoms with van der Waals surface area (Å²) < 4.78 is 25.1. The molecule has 0 aromatic carbocycles. The molecule has 0 saturated carbocycles. The Labute approximate surface area is 81.1 Å². The molecule has 1 N–H and O–H groups in total. The van der Waals surface area contributed by atoms with E-state index in [0.717, 1.165) is 0 Å². The van der Waals surface area contributed by atoms with Gasteiger partial charge in [0.25, 0.3) is 5.92 Å². The maximum Gasteiger partial charge on any atom is 0.304 e. The molecule has 1 fully saturated rings. The van der Waals surface area contributed by atoms with Crippen molar-refractivity contribution in [2.24, 2.45) is 0 Å². The molecule has 0 amide bonds. The van der Waals surface area contributed by atoms with E-state index in [2.05, 4.69) is 0 Å². The van der Waals surface area contributed by atoms with Crippen molar-refractivity contribution in [1.82, 2.24) is 4.90 Å². The molecule has 0 bridgehead atoms. The summed E-state index contributed by atoms with van der Waals surface area (Å²) in [5.74, 6) is -3.55. The number of carboxylic acids is 1. The quantitative estimate of drug-likeness (QED) is 0.770. The van der Waals surface area contributed by atoms with Gasteiger partial charge in [0.2, 0.25) is 0 Å². The normalized spacial score (nSPS) is 21.1. The highest BCUT2D eigenvalue weighted by molar-refractivity contribution is 5.85. The number of hydrogen-bond donors (Lipinski definition) is 1. The minimum atomic E-state index is -2.61. The van der Waals surface area contributed by atoms with Gasteiger partial charge in [-0.05, 0) is 0 Å². The van der Waals surface area contributed by atoms with E-state index in [4.69, 9.17) is 5.11 Å². The van der Waals surface area contributed by atoms with Gasteiger partial charge in [-0.1, -0.05) is 0 Å². The van der Waals surface area contributed by atoms with Gasteiger partial charge < -0.3 is 5.11 Å². The first kappa shape index (κ1) is 12.6. The Kier molecular flexibility index (Phi) is 4.56. The summed E-state index contributed by atoms with van der Waals surface area (Å²) in [4.78, 5) is 11.6. The van der Waals surface area contributed by atoms with Crippen LogP contribution >= 0.6 is 12.4 Å². The topological polar surface area (TPSA) is 40.5 Å². The first-order valence-electron chi connectivity index (χ1n) is 3.82. The van der Waals surface area contributed by atoms with E-state index < -0.39 is 11.9 Å². The summed E-state index contributed by atoms with van der Waals surface area (Å²) in [5.41, 5.74) is 0. The number of carbonyl (C=O) groups is 1. The van der Waals surface area contributed by atoms with Gasteiger partial charge in [0.15, 0.2) is 0 Å². The van der Waals surface area contributed by atoms with Gasteiger partial charge in [-0.15, -0.1) is 12.4 Å². The zero-order chi connectivity index (χ0) is 9.19. The van der Waals surface area contributed by atoms with Crippen molar-refractivity contribution in [1.29, 1.82) is 0 Å². The Balaban J connectivity index is 0.00000144. The highest BCUT2D eigenvalue weighted by Gasteiger charge is 2.37. The largest absolute Gasteiger partial charge is 0.481 e. The Morgan fingerprint density at radius 2 is 2.15 bits per heavy atom. The van der Waals surface area contributed by atoms with Crippen LogP contribution in [0.3, 0.4) is 0 Å². The van der Waals surface area contributed by atoms with Crippen molar-refractivity contribution in [3.05, 3.63) is 0 Å². The fourth-order valence-electron chi connectivity index (χ4n) is 1.25. The van der Waals surface area contributed by atoms with Gasteiger partial charge in [0.05, 0.1) is 13.0 Å². The lowest BCUT2D eigenvalue weighted by Gasteiger charge is -2.13. The zero-order valence-electron chi connectivity index (χ0n) is 7.00. The van der Waals surface area contributed by atoms with E-state index in [-0.39, 0.29) is 38.3 Å². The first-order valence-corrected chi connectivity index (χ1v) is 3.82.